The van der Waals surface area contributed by atoms with Crippen molar-refractivity contribution in [3.05, 3.63) is 24.3 Å². The van der Waals surface area contributed by atoms with E-state index in [-0.39, 0.29) is 6.03 Å². The first-order chi connectivity index (χ1) is 7.79. The van der Waals surface area contributed by atoms with Gasteiger partial charge < -0.3 is 9.80 Å². The van der Waals surface area contributed by atoms with Crippen molar-refractivity contribution < 1.29 is 4.79 Å². The fourth-order valence-electron chi connectivity index (χ4n) is 1.71. The van der Waals surface area contributed by atoms with Gasteiger partial charge in [-0.15, -0.1) is 0 Å². The number of allylic oxidation sites excluding steroid dienone is 2. The predicted molar refractivity (Wildman–Crippen MR) is 67.4 cm³/mol. The standard InChI is InChI=1S/C13H22N2O/c1-3-5-7-9-14-11-12-15(13(14)16)10-8-6-4-2/h5-8H,3-4,9-12H2,1-2H3/b7-5+,8-6+. The molecule has 0 aromatic carbocycles. The Morgan fingerprint density at radius 3 is 1.75 bits per heavy atom. The van der Waals surface area contributed by atoms with E-state index in [0.717, 1.165) is 39.0 Å². The third-order valence-corrected chi connectivity index (χ3v) is 2.64. The first-order valence-electron chi connectivity index (χ1n) is 6.13. The average molecular weight is 222 g/mol. The van der Waals surface area contributed by atoms with E-state index in [4.69, 9.17) is 0 Å². The average Bonchev–Trinajstić information content (AvgIpc) is 2.62. The molecule has 0 unspecified atom stereocenters. The molecule has 1 fully saturated rings. The van der Waals surface area contributed by atoms with Crippen LogP contribution in [0, 0.1) is 0 Å². The molecule has 1 aliphatic heterocycles. The summed E-state index contributed by atoms with van der Waals surface area (Å²) in [7, 11) is 0. The number of urea groups is 1. The number of carbonyl (C=O) groups is 1. The van der Waals surface area contributed by atoms with Gasteiger partial charge in [-0.3, -0.25) is 0 Å². The zero-order valence-corrected chi connectivity index (χ0v) is 10.4. The zero-order valence-electron chi connectivity index (χ0n) is 10.4. The van der Waals surface area contributed by atoms with Gasteiger partial charge in [0.15, 0.2) is 0 Å². The highest BCUT2D eigenvalue weighted by atomic mass is 16.2. The zero-order chi connectivity index (χ0) is 11.8. The molecule has 0 aromatic heterocycles. The molecule has 0 saturated carbocycles. The highest BCUT2D eigenvalue weighted by Gasteiger charge is 2.25. The summed E-state index contributed by atoms with van der Waals surface area (Å²) < 4.78 is 0. The monoisotopic (exact) mass is 222 g/mol. The molecule has 3 nitrogen and oxygen atoms in total. The molecule has 0 bridgehead atoms. The van der Waals surface area contributed by atoms with Crippen molar-refractivity contribution in [2.24, 2.45) is 0 Å². The maximum Gasteiger partial charge on any atom is 0.320 e. The SMILES string of the molecule is CC/C=C/CN1CCN(C/C=C/CC)C1=O. The number of carbonyl (C=O) groups excluding carboxylic acids is 1. The van der Waals surface area contributed by atoms with E-state index < -0.39 is 0 Å². The number of hydrogen-bond acceptors (Lipinski definition) is 1. The predicted octanol–water partition coefficient (Wildman–Crippen LogP) is 2.66. The molecule has 0 aliphatic carbocycles. The molecule has 0 atom stereocenters. The third-order valence-electron chi connectivity index (χ3n) is 2.64. The van der Waals surface area contributed by atoms with Crippen LogP contribution in [0.4, 0.5) is 4.79 Å². The highest BCUT2D eigenvalue weighted by Crippen LogP contribution is 2.08. The lowest BCUT2D eigenvalue weighted by atomic mass is 10.4. The normalized spacial score (nSPS) is 17.2. The Morgan fingerprint density at radius 2 is 1.38 bits per heavy atom. The van der Waals surface area contributed by atoms with Gasteiger partial charge in [-0.05, 0) is 12.8 Å². The Balaban J connectivity index is 2.35. The van der Waals surface area contributed by atoms with Crippen LogP contribution in [0.25, 0.3) is 0 Å². The molecule has 0 N–H and O–H groups in total. The van der Waals surface area contributed by atoms with Crippen LogP contribution in [-0.4, -0.2) is 42.0 Å². The Bertz CT molecular complexity index is 245. The van der Waals surface area contributed by atoms with Gasteiger partial charge in [0, 0.05) is 26.2 Å². The molecule has 0 radical (unpaired) electrons. The summed E-state index contributed by atoms with van der Waals surface area (Å²) in [6, 6.07) is 0.168. The molecule has 16 heavy (non-hydrogen) atoms. The van der Waals surface area contributed by atoms with Gasteiger partial charge in [0.05, 0.1) is 0 Å². The topological polar surface area (TPSA) is 23.6 Å². The van der Waals surface area contributed by atoms with Gasteiger partial charge in [0.2, 0.25) is 0 Å². The Morgan fingerprint density at radius 1 is 0.938 bits per heavy atom. The van der Waals surface area contributed by atoms with Crippen LogP contribution in [0.5, 0.6) is 0 Å². The fourth-order valence-corrected chi connectivity index (χ4v) is 1.71. The summed E-state index contributed by atoms with van der Waals surface area (Å²) in [4.78, 5) is 15.7. The quantitative estimate of drug-likeness (QED) is 0.634. The van der Waals surface area contributed by atoms with Crippen LogP contribution in [0.2, 0.25) is 0 Å². The van der Waals surface area contributed by atoms with E-state index in [9.17, 15) is 4.79 Å². The molecular formula is C13H22N2O. The lowest BCUT2D eigenvalue weighted by Gasteiger charge is -2.15. The molecule has 2 amide bonds. The molecule has 3 heteroatoms. The number of nitrogens with zero attached hydrogens (tertiary/aromatic N) is 2. The highest BCUT2D eigenvalue weighted by molar-refractivity contribution is 5.76. The van der Waals surface area contributed by atoms with Crippen LogP contribution in [-0.2, 0) is 0 Å². The smallest absolute Gasteiger partial charge is 0.319 e. The fraction of sp³-hybridized carbons (Fsp3) is 0.615. The van der Waals surface area contributed by atoms with Gasteiger partial charge in [-0.25, -0.2) is 4.79 Å². The van der Waals surface area contributed by atoms with Crippen molar-refractivity contribution in [3.8, 4) is 0 Å². The summed E-state index contributed by atoms with van der Waals surface area (Å²) in [6.07, 6.45) is 10.4. The van der Waals surface area contributed by atoms with Crippen molar-refractivity contribution in [1.29, 1.82) is 0 Å². The molecule has 1 rings (SSSR count). The van der Waals surface area contributed by atoms with Gasteiger partial charge in [-0.1, -0.05) is 38.2 Å². The van der Waals surface area contributed by atoms with E-state index >= 15 is 0 Å². The Kier molecular flexibility index (Phi) is 5.68. The van der Waals surface area contributed by atoms with Crippen molar-refractivity contribution >= 4 is 6.03 Å². The molecule has 0 aromatic rings. The second-order valence-corrected chi connectivity index (χ2v) is 3.93. The van der Waals surface area contributed by atoms with E-state index in [2.05, 4.69) is 38.2 Å². The Hall–Kier alpha value is -1.25. The number of hydrogen-bond donors (Lipinski definition) is 0. The molecule has 90 valence electrons. The summed E-state index contributed by atoms with van der Waals surface area (Å²) >= 11 is 0. The molecule has 0 spiro atoms. The van der Waals surface area contributed by atoms with Gasteiger partial charge in [0.25, 0.3) is 0 Å². The second-order valence-electron chi connectivity index (χ2n) is 3.93. The van der Waals surface area contributed by atoms with E-state index in [1.807, 2.05) is 9.80 Å². The third kappa shape index (κ3) is 3.72. The van der Waals surface area contributed by atoms with Crippen molar-refractivity contribution in [2.75, 3.05) is 26.2 Å². The minimum Gasteiger partial charge on any atom is -0.319 e. The number of amides is 2. The van der Waals surface area contributed by atoms with Gasteiger partial charge in [-0.2, -0.15) is 0 Å². The first-order valence-corrected chi connectivity index (χ1v) is 6.13. The summed E-state index contributed by atoms with van der Waals surface area (Å²) in [5.74, 6) is 0. The molecular weight excluding hydrogens is 200 g/mol. The van der Waals surface area contributed by atoms with Crippen LogP contribution >= 0.6 is 0 Å². The van der Waals surface area contributed by atoms with E-state index in [1.54, 1.807) is 0 Å². The summed E-state index contributed by atoms with van der Waals surface area (Å²) in [5.41, 5.74) is 0. The second kappa shape index (κ2) is 7.09. The Labute approximate surface area is 98.4 Å². The van der Waals surface area contributed by atoms with Crippen LogP contribution in [0.1, 0.15) is 26.7 Å². The first kappa shape index (κ1) is 12.8. The minimum atomic E-state index is 0.168. The summed E-state index contributed by atoms with van der Waals surface area (Å²) in [5, 5.41) is 0. The van der Waals surface area contributed by atoms with Crippen molar-refractivity contribution in [2.45, 2.75) is 26.7 Å². The van der Waals surface area contributed by atoms with E-state index in [0.29, 0.717) is 0 Å². The van der Waals surface area contributed by atoms with E-state index in [1.165, 1.54) is 0 Å². The maximum atomic E-state index is 11.9. The van der Waals surface area contributed by atoms with Crippen LogP contribution in [0.3, 0.4) is 0 Å². The van der Waals surface area contributed by atoms with Gasteiger partial charge >= 0.3 is 6.03 Å². The largest absolute Gasteiger partial charge is 0.320 e. The van der Waals surface area contributed by atoms with Crippen molar-refractivity contribution in [3.63, 3.8) is 0 Å². The van der Waals surface area contributed by atoms with Crippen LogP contribution in [0.15, 0.2) is 24.3 Å². The maximum absolute atomic E-state index is 11.9. The van der Waals surface area contributed by atoms with Gasteiger partial charge in [0.1, 0.15) is 0 Å². The lowest BCUT2D eigenvalue weighted by Crippen LogP contribution is -2.32. The minimum absolute atomic E-state index is 0.168. The lowest BCUT2D eigenvalue weighted by molar-refractivity contribution is 0.199. The molecule has 1 aliphatic rings. The summed E-state index contributed by atoms with van der Waals surface area (Å²) in [6.45, 7) is 7.41. The van der Waals surface area contributed by atoms with Crippen LogP contribution < -0.4 is 0 Å². The number of rotatable bonds is 6. The van der Waals surface area contributed by atoms with Crippen molar-refractivity contribution in [1.82, 2.24) is 9.80 Å². The molecule has 1 saturated heterocycles. The molecule has 1 heterocycles.